The Balaban J connectivity index is 1.85. The molecule has 2 aliphatic rings. The summed E-state index contributed by atoms with van der Waals surface area (Å²) in [6.45, 7) is 4.59. The first-order valence-electron chi connectivity index (χ1n) is 7.86. The number of hydrogen-bond donors (Lipinski definition) is 2. The first-order chi connectivity index (χ1) is 10.7. The van der Waals surface area contributed by atoms with E-state index in [9.17, 15) is 13.2 Å². The Bertz CT molecular complexity index is 743. The van der Waals surface area contributed by atoms with Gasteiger partial charge in [-0.25, -0.2) is 13.1 Å². The minimum atomic E-state index is -3.62. The van der Waals surface area contributed by atoms with Gasteiger partial charge in [-0.3, -0.25) is 4.79 Å². The fourth-order valence-electron chi connectivity index (χ4n) is 3.29. The number of sulfonamides is 1. The lowest BCUT2D eigenvalue weighted by atomic mass is 9.88. The average molecular weight is 337 g/mol. The van der Waals surface area contributed by atoms with E-state index in [0.717, 1.165) is 18.7 Å². The third kappa shape index (κ3) is 3.07. The molecule has 7 heteroatoms. The summed E-state index contributed by atoms with van der Waals surface area (Å²) >= 11 is 0. The molecule has 1 saturated heterocycles. The van der Waals surface area contributed by atoms with E-state index in [2.05, 4.69) is 14.9 Å². The molecule has 1 fully saturated rings. The number of nitrogens with one attached hydrogen (secondary N) is 2. The van der Waals surface area contributed by atoms with Gasteiger partial charge in [0.25, 0.3) is 0 Å². The largest absolute Gasteiger partial charge is 0.374 e. The zero-order valence-electron chi connectivity index (χ0n) is 13.7. The fourth-order valence-corrected chi connectivity index (χ4v) is 4.73. The zero-order valence-corrected chi connectivity index (χ0v) is 14.5. The first-order valence-corrected chi connectivity index (χ1v) is 9.35. The number of amides is 1. The molecular formula is C16H23N3O3S. The quantitative estimate of drug-likeness (QED) is 0.863. The molecule has 2 N–H and O–H groups in total. The normalized spacial score (nSPS) is 23.5. The Morgan fingerprint density at radius 1 is 1.30 bits per heavy atom. The zero-order chi connectivity index (χ0) is 16.8. The second kappa shape index (κ2) is 5.49. The van der Waals surface area contributed by atoms with Gasteiger partial charge in [-0.2, -0.15) is 0 Å². The molecule has 1 amide bonds. The van der Waals surface area contributed by atoms with Crippen LogP contribution in [0.2, 0.25) is 0 Å². The summed E-state index contributed by atoms with van der Waals surface area (Å²) in [6.07, 6.45) is 1.79. The minimum Gasteiger partial charge on any atom is -0.374 e. The molecule has 1 aromatic carbocycles. The second-order valence-electron chi connectivity index (χ2n) is 6.94. The molecule has 23 heavy (non-hydrogen) atoms. The van der Waals surface area contributed by atoms with Gasteiger partial charge in [0.1, 0.15) is 0 Å². The van der Waals surface area contributed by atoms with Gasteiger partial charge in [-0.15, -0.1) is 0 Å². The number of carbonyl (C=O) groups is 1. The van der Waals surface area contributed by atoms with Crippen LogP contribution in [-0.2, 0) is 21.2 Å². The third-order valence-corrected chi connectivity index (χ3v) is 6.25. The maximum absolute atomic E-state index is 12.7. The molecule has 0 aliphatic carbocycles. The molecule has 0 radical (unpaired) electrons. The van der Waals surface area contributed by atoms with Gasteiger partial charge in [0.15, 0.2) is 0 Å². The molecule has 1 atom stereocenters. The number of carbonyl (C=O) groups excluding carboxylic acids is 1. The van der Waals surface area contributed by atoms with Crippen molar-refractivity contribution in [3.8, 4) is 0 Å². The summed E-state index contributed by atoms with van der Waals surface area (Å²) in [6, 6.07) is 4.96. The lowest BCUT2D eigenvalue weighted by Crippen LogP contribution is -2.61. The van der Waals surface area contributed by atoms with Crippen molar-refractivity contribution in [3.05, 3.63) is 23.8 Å². The van der Waals surface area contributed by atoms with Crippen molar-refractivity contribution in [2.75, 3.05) is 18.5 Å². The number of fused-ring (bicyclic) bond motifs is 1. The van der Waals surface area contributed by atoms with E-state index in [-0.39, 0.29) is 16.8 Å². The number of rotatable bonds is 3. The molecule has 0 spiro atoms. The molecule has 2 aliphatic heterocycles. The Labute approximate surface area is 137 Å². The van der Waals surface area contributed by atoms with Crippen LogP contribution in [0, 0.1) is 0 Å². The highest BCUT2D eigenvalue weighted by Crippen LogP contribution is 2.30. The van der Waals surface area contributed by atoms with Crippen LogP contribution in [-0.4, -0.2) is 39.5 Å². The van der Waals surface area contributed by atoms with E-state index < -0.39 is 15.6 Å². The average Bonchev–Trinajstić information content (AvgIpc) is 2.83. The van der Waals surface area contributed by atoms with E-state index in [4.69, 9.17) is 0 Å². The minimum absolute atomic E-state index is 0.0374. The second-order valence-corrected chi connectivity index (χ2v) is 8.66. The number of hydrogen-bond acceptors (Lipinski definition) is 4. The lowest BCUT2D eigenvalue weighted by Gasteiger charge is -2.39. The van der Waals surface area contributed by atoms with Crippen molar-refractivity contribution >= 4 is 21.6 Å². The van der Waals surface area contributed by atoms with Crippen LogP contribution in [0.25, 0.3) is 0 Å². The van der Waals surface area contributed by atoms with Crippen molar-refractivity contribution < 1.29 is 13.2 Å². The lowest BCUT2D eigenvalue weighted by molar-refractivity contribution is -0.125. The van der Waals surface area contributed by atoms with Crippen molar-refractivity contribution in [3.63, 3.8) is 0 Å². The van der Waals surface area contributed by atoms with Gasteiger partial charge in [0.05, 0.1) is 10.4 Å². The molecule has 6 nitrogen and oxygen atoms in total. The molecule has 0 bridgehead atoms. The third-order valence-electron chi connectivity index (χ3n) is 4.79. The topological polar surface area (TPSA) is 78.5 Å². The SMILES string of the molecule is CN1CCc2ccc(S(=O)(=O)N[C@@H]3CCC(=O)NC3(C)C)cc21. The molecule has 0 unspecified atom stereocenters. The Morgan fingerprint density at radius 2 is 2.04 bits per heavy atom. The summed E-state index contributed by atoms with van der Waals surface area (Å²) < 4.78 is 28.2. The molecule has 3 rings (SSSR count). The van der Waals surface area contributed by atoms with Gasteiger partial charge in [0, 0.05) is 31.7 Å². The summed E-state index contributed by atoms with van der Waals surface area (Å²) in [7, 11) is -1.65. The monoisotopic (exact) mass is 337 g/mol. The number of nitrogens with zero attached hydrogens (tertiary/aromatic N) is 1. The molecule has 0 aromatic heterocycles. The van der Waals surface area contributed by atoms with Crippen LogP contribution in [0.15, 0.2) is 23.1 Å². The van der Waals surface area contributed by atoms with Gasteiger partial charge >= 0.3 is 0 Å². The first kappa shape index (κ1) is 16.3. The van der Waals surface area contributed by atoms with E-state index in [0.29, 0.717) is 12.8 Å². The maximum atomic E-state index is 12.7. The summed E-state index contributed by atoms with van der Waals surface area (Å²) in [4.78, 5) is 13.9. The predicted molar refractivity (Wildman–Crippen MR) is 89.0 cm³/mol. The highest BCUT2D eigenvalue weighted by molar-refractivity contribution is 7.89. The molecular weight excluding hydrogens is 314 g/mol. The van der Waals surface area contributed by atoms with Crippen LogP contribution in [0.3, 0.4) is 0 Å². The van der Waals surface area contributed by atoms with Gasteiger partial charge in [0.2, 0.25) is 15.9 Å². The van der Waals surface area contributed by atoms with Crippen molar-refractivity contribution in [1.82, 2.24) is 10.0 Å². The van der Waals surface area contributed by atoms with Gasteiger partial charge in [-0.05, 0) is 44.4 Å². The molecule has 1 aromatic rings. The molecule has 0 saturated carbocycles. The smallest absolute Gasteiger partial charge is 0.240 e. The fraction of sp³-hybridized carbons (Fsp3) is 0.562. The van der Waals surface area contributed by atoms with E-state index in [1.54, 1.807) is 12.1 Å². The highest BCUT2D eigenvalue weighted by Gasteiger charge is 2.38. The van der Waals surface area contributed by atoms with Gasteiger partial charge < -0.3 is 10.2 Å². The molecule has 126 valence electrons. The maximum Gasteiger partial charge on any atom is 0.240 e. The van der Waals surface area contributed by atoms with Crippen LogP contribution < -0.4 is 14.9 Å². The number of anilines is 1. The van der Waals surface area contributed by atoms with E-state index in [1.807, 2.05) is 27.0 Å². The van der Waals surface area contributed by atoms with Crippen molar-refractivity contribution in [1.29, 1.82) is 0 Å². The van der Waals surface area contributed by atoms with Crippen molar-refractivity contribution in [2.45, 2.75) is 49.6 Å². The summed E-state index contributed by atoms with van der Waals surface area (Å²) in [5, 5.41) is 2.85. The van der Waals surface area contributed by atoms with Crippen LogP contribution in [0.1, 0.15) is 32.3 Å². The Kier molecular flexibility index (Phi) is 3.88. The van der Waals surface area contributed by atoms with Crippen molar-refractivity contribution in [2.24, 2.45) is 0 Å². The summed E-state index contributed by atoms with van der Waals surface area (Å²) in [5.74, 6) is -0.0374. The number of piperidine rings is 1. The number of benzene rings is 1. The van der Waals surface area contributed by atoms with E-state index in [1.165, 1.54) is 5.56 Å². The van der Waals surface area contributed by atoms with Gasteiger partial charge in [-0.1, -0.05) is 6.07 Å². The molecule has 2 heterocycles. The van der Waals surface area contributed by atoms with Crippen LogP contribution in [0.5, 0.6) is 0 Å². The number of likely N-dealkylation sites (N-methyl/N-ethyl adjacent to an activating group) is 1. The Morgan fingerprint density at radius 3 is 2.74 bits per heavy atom. The van der Waals surface area contributed by atoms with E-state index >= 15 is 0 Å². The van der Waals surface area contributed by atoms with Crippen LogP contribution >= 0.6 is 0 Å². The standard InChI is InChI=1S/C16H23N3O3S/c1-16(2)14(6-7-15(20)17-16)18-23(21,22)12-5-4-11-8-9-19(3)13(11)10-12/h4-5,10,14,18H,6-9H2,1-3H3,(H,17,20)/t14-/m1/s1. The predicted octanol–water partition coefficient (Wildman–Crippen LogP) is 1.01. The highest BCUT2D eigenvalue weighted by atomic mass is 32.2. The Hall–Kier alpha value is -1.60. The van der Waals surface area contributed by atoms with Crippen LogP contribution in [0.4, 0.5) is 5.69 Å². The summed E-state index contributed by atoms with van der Waals surface area (Å²) in [5.41, 5.74) is 1.55.